The summed E-state index contributed by atoms with van der Waals surface area (Å²) in [6.07, 6.45) is 3.35. The Kier molecular flexibility index (Phi) is 4.99. The third-order valence-corrected chi connectivity index (χ3v) is 7.31. The van der Waals surface area contributed by atoms with Crippen molar-refractivity contribution in [2.24, 2.45) is 0 Å². The van der Waals surface area contributed by atoms with E-state index in [0.717, 1.165) is 11.3 Å². The summed E-state index contributed by atoms with van der Waals surface area (Å²) in [5, 5.41) is 15.3. The van der Waals surface area contributed by atoms with Gasteiger partial charge >= 0.3 is 6.09 Å². The number of carbonyl (C=O) groups is 1. The fourth-order valence-electron chi connectivity index (χ4n) is 3.44. The third kappa shape index (κ3) is 3.69. The van der Waals surface area contributed by atoms with Crippen LogP contribution in [0.15, 0.2) is 52.1 Å². The van der Waals surface area contributed by atoms with Crippen molar-refractivity contribution >= 4 is 48.8 Å². The van der Waals surface area contributed by atoms with Gasteiger partial charge in [0, 0.05) is 29.9 Å². The summed E-state index contributed by atoms with van der Waals surface area (Å²) in [7, 11) is -3.78. The molecule has 1 amide bonds. The van der Waals surface area contributed by atoms with E-state index < -0.39 is 16.1 Å². The first kappa shape index (κ1) is 19.7. The minimum absolute atomic E-state index is 0.0763. The molecule has 0 spiro atoms. The van der Waals surface area contributed by atoms with Crippen molar-refractivity contribution in [3.05, 3.63) is 52.8 Å². The zero-order chi connectivity index (χ0) is 20.8. The SMILES string of the molecule is Cc1ccc(S(=O)(=O)n2ccc3c(NC4CC(NC(=O)O)C4)c(Br)cnc32)cc1. The van der Waals surface area contributed by atoms with E-state index in [-0.39, 0.29) is 17.0 Å². The molecule has 0 aliphatic heterocycles. The van der Waals surface area contributed by atoms with Gasteiger partial charge in [-0.1, -0.05) is 17.7 Å². The summed E-state index contributed by atoms with van der Waals surface area (Å²) in [6, 6.07) is 8.41. The van der Waals surface area contributed by atoms with Crippen molar-refractivity contribution in [3.63, 3.8) is 0 Å². The van der Waals surface area contributed by atoms with Crippen molar-refractivity contribution in [2.75, 3.05) is 5.32 Å². The van der Waals surface area contributed by atoms with Crippen LogP contribution in [0.1, 0.15) is 18.4 Å². The number of fused-ring (bicyclic) bond motifs is 1. The number of anilines is 1. The topological polar surface area (TPSA) is 113 Å². The molecule has 1 aromatic carbocycles. The predicted molar refractivity (Wildman–Crippen MR) is 113 cm³/mol. The van der Waals surface area contributed by atoms with Crippen LogP contribution in [0.3, 0.4) is 0 Å². The molecule has 152 valence electrons. The van der Waals surface area contributed by atoms with E-state index in [0.29, 0.717) is 28.3 Å². The number of rotatable bonds is 5. The largest absolute Gasteiger partial charge is 0.465 e. The van der Waals surface area contributed by atoms with Gasteiger partial charge in [-0.25, -0.2) is 22.2 Å². The lowest BCUT2D eigenvalue weighted by Crippen LogP contribution is -2.49. The van der Waals surface area contributed by atoms with Gasteiger partial charge in [-0.05, 0) is 53.9 Å². The van der Waals surface area contributed by atoms with E-state index in [9.17, 15) is 13.2 Å². The van der Waals surface area contributed by atoms with Gasteiger partial charge in [-0.15, -0.1) is 0 Å². The Hall–Kier alpha value is -2.59. The molecule has 0 saturated heterocycles. The first-order valence-corrected chi connectivity index (χ1v) is 11.2. The standard InChI is InChI=1S/C19H19BrN4O4S/c1-11-2-4-14(5-3-11)29(27,28)24-7-6-15-17(16(20)10-21-18(15)24)22-12-8-13(9-12)23-19(25)26/h2-7,10,12-13,23H,8-9H2,1H3,(H,21,22)(H,25,26). The molecular weight excluding hydrogens is 460 g/mol. The van der Waals surface area contributed by atoms with E-state index in [2.05, 4.69) is 31.5 Å². The average Bonchev–Trinajstić information content (AvgIpc) is 3.07. The number of aromatic nitrogens is 2. The van der Waals surface area contributed by atoms with Gasteiger partial charge in [0.1, 0.15) is 0 Å². The number of nitrogens with one attached hydrogen (secondary N) is 2. The van der Waals surface area contributed by atoms with E-state index in [1.54, 1.807) is 36.5 Å². The highest BCUT2D eigenvalue weighted by atomic mass is 79.9. The molecule has 1 aliphatic carbocycles. The van der Waals surface area contributed by atoms with Crippen molar-refractivity contribution < 1.29 is 18.3 Å². The lowest BCUT2D eigenvalue weighted by molar-refractivity contribution is 0.180. The van der Waals surface area contributed by atoms with Gasteiger partial charge in [0.25, 0.3) is 10.0 Å². The number of benzene rings is 1. The Morgan fingerprint density at radius 1 is 1.21 bits per heavy atom. The molecule has 1 fully saturated rings. The number of hydrogen-bond donors (Lipinski definition) is 3. The van der Waals surface area contributed by atoms with E-state index in [1.165, 1.54) is 10.2 Å². The second-order valence-corrected chi connectivity index (χ2v) is 9.78. The smallest absolute Gasteiger partial charge is 0.404 e. The summed E-state index contributed by atoms with van der Waals surface area (Å²) in [4.78, 5) is 15.2. The van der Waals surface area contributed by atoms with Crippen LogP contribution in [-0.4, -0.2) is 40.7 Å². The number of carboxylic acid groups (broad SMARTS) is 1. The maximum absolute atomic E-state index is 13.1. The maximum atomic E-state index is 13.1. The molecule has 2 aromatic heterocycles. The van der Waals surface area contributed by atoms with Crippen LogP contribution < -0.4 is 10.6 Å². The van der Waals surface area contributed by atoms with E-state index >= 15 is 0 Å². The highest BCUT2D eigenvalue weighted by Gasteiger charge is 2.31. The van der Waals surface area contributed by atoms with Crippen LogP contribution in [0.2, 0.25) is 0 Å². The van der Waals surface area contributed by atoms with Gasteiger partial charge in [0.15, 0.2) is 5.65 Å². The molecule has 8 nitrogen and oxygen atoms in total. The summed E-state index contributed by atoms with van der Waals surface area (Å²) in [5.74, 6) is 0. The Bertz CT molecular complexity index is 1180. The molecule has 3 N–H and O–H groups in total. The van der Waals surface area contributed by atoms with Crippen molar-refractivity contribution in [1.82, 2.24) is 14.3 Å². The molecule has 0 atom stereocenters. The molecule has 4 rings (SSSR count). The van der Waals surface area contributed by atoms with Crippen LogP contribution in [0.25, 0.3) is 11.0 Å². The van der Waals surface area contributed by atoms with Crippen molar-refractivity contribution in [2.45, 2.75) is 36.7 Å². The molecule has 10 heteroatoms. The van der Waals surface area contributed by atoms with Crippen LogP contribution >= 0.6 is 15.9 Å². The normalized spacial score (nSPS) is 19.0. The van der Waals surface area contributed by atoms with E-state index in [4.69, 9.17) is 5.11 Å². The van der Waals surface area contributed by atoms with Gasteiger partial charge in [0.2, 0.25) is 0 Å². The minimum atomic E-state index is -3.78. The summed E-state index contributed by atoms with van der Waals surface area (Å²) in [5.41, 5.74) is 2.05. The number of hydrogen-bond acceptors (Lipinski definition) is 5. The van der Waals surface area contributed by atoms with Crippen molar-refractivity contribution in [3.8, 4) is 0 Å². The van der Waals surface area contributed by atoms with Crippen LogP contribution in [0.5, 0.6) is 0 Å². The number of pyridine rings is 1. The zero-order valence-corrected chi connectivity index (χ0v) is 17.9. The first-order valence-electron chi connectivity index (χ1n) is 8.99. The summed E-state index contributed by atoms with van der Waals surface area (Å²) in [6.45, 7) is 1.90. The lowest BCUT2D eigenvalue weighted by Gasteiger charge is -2.36. The van der Waals surface area contributed by atoms with Crippen LogP contribution in [0, 0.1) is 6.92 Å². The second kappa shape index (κ2) is 7.34. The molecular formula is C19H19BrN4O4S. The highest BCUT2D eigenvalue weighted by molar-refractivity contribution is 9.10. The lowest BCUT2D eigenvalue weighted by atomic mass is 9.86. The molecule has 1 aliphatic rings. The number of nitrogens with zero attached hydrogens (tertiary/aromatic N) is 2. The maximum Gasteiger partial charge on any atom is 0.404 e. The second-order valence-electron chi connectivity index (χ2n) is 7.11. The quantitative estimate of drug-likeness (QED) is 0.516. The molecule has 2 heterocycles. The summed E-state index contributed by atoms with van der Waals surface area (Å²) < 4.78 is 28.1. The monoisotopic (exact) mass is 478 g/mol. The third-order valence-electron chi connectivity index (χ3n) is 5.03. The van der Waals surface area contributed by atoms with Crippen LogP contribution in [-0.2, 0) is 10.0 Å². The molecule has 29 heavy (non-hydrogen) atoms. The van der Waals surface area contributed by atoms with Gasteiger partial charge in [-0.2, -0.15) is 0 Å². The Balaban J connectivity index is 1.65. The Morgan fingerprint density at radius 2 is 1.90 bits per heavy atom. The first-order chi connectivity index (χ1) is 13.8. The average molecular weight is 479 g/mol. The van der Waals surface area contributed by atoms with E-state index in [1.807, 2.05) is 6.92 Å². The fourth-order valence-corrected chi connectivity index (χ4v) is 5.17. The predicted octanol–water partition coefficient (Wildman–Crippen LogP) is 3.55. The highest BCUT2D eigenvalue weighted by Crippen LogP contribution is 2.35. The molecule has 0 radical (unpaired) electrons. The molecule has 0 bridgehead atoms. The van der Waals surface area contributed by atoms with Gasteiger partial charge in [0.05, 0.1) is 15.1 Å². The van der Waals surface area contributed by atoms with Crippen LogP contribution in [0.4, 0.5) is 10.5 Å². The summed E-state index contributed by atoms with van der Waals surface area (Å²) >= 11 is 3.47. The van der Waals surface area contributed by atoms with Gasteiger partial charge in [-0.3, -0.25) is 0 Å². The number of amides is 1. The molecule has 0 unspecified atom stereocenters. The number of aryl methyl sites for hydroxylation is 1. The molecule has 3 aromatic rings. The Morgan fingerprint density at radius 3 is 2.55 bits per heavy atom. The minimum Gasteiger partial charge on any atom is -0.465 e. The van der Waals surface area contributed by atoms with Crippen molar-refractivity contribution in [1.29, 1.82) is 0 Å². The Labute approximate surface area is 176 Å². The zero-order valence-electron chi connectivity index (χ0n) is 15.5. The van der Waals surface area contributed by atoms with Gasteiger partial charge < -0.3 is 15.7 Å². The molecule has 1 saturated carbocycles. The fraction of sp³-hybridized carbons (Fsp3) is 0.263. The number of halogens is 1.